The van der Waals surface area contributed by atoms with Gasteiger partial charge in [-0.15, -0.1) is 5.10 Å². The number of carboxylic acids is 1. The third kappa shape index (κ3) is 3.95. The topological polar surface area (TPSA) is 104 Å². The highest BCUT2D eigenvalue weighted by Gasteiger charge is 2.30. The quantitative estimate of drug-likeness (QED) is 0.618. The van der Waals surface area contributed by atoms with Crippen LogP contribution in [-0.2, 0) is 4.79 Å². The van der Waals surface area contributed by atoms with E-state index in [1.807, 2.05) is 11.8 Å². The molecular weight excluding hydrogens is 429 g/mol. The molecule has 0 radical (unpaired) electrons. The van der Waals surface area contributed by atoms with Gasteiger partial charge in [0.2, 0.25) is 0 Å². The summed E-state index contributed by atoms with van der Waals surface area (Å²) < 4.78 is 1.25. The van der Waals surface area contributed by atoms with Crippen molar-refractivity contribution in [3.05, 3.63) is 50.6 Å². The van der Waals surface area contributed by atoms with E-state index in [1.54, 1.807) is 24.3 Å². The molecule has 0 amide bonds. The van der Waals surface area contributed by atoms with Gasteiger partial charge in [-0.2, -0.15) is 4.52 Å². The number of hydrogen-bond acceptors (Lipinski definition) is 5. The Bertz CT molecular complexity index is 1150. The average Bonchev–Trinajstić information content (AvgIpc) is 3.13. The first-order valence-corrected chi connectivity index (χ1v) is 10.5. The number of carbonyl (C=O) groups is 1. The summed E-state index contributed by atoms with van der Waals surface area (Å²) >= 11 is 12.2. The van der Waals surface area contributed by atoms with Gasteiger partial charge in [-0.1, -0.05) is 30.1 Å². The highest BCUT2D eigenvalue weighted by molar-refractivity contribution is 6.36. The van der Waals surface area contributed by atoms with E-state index in [4.69, 9.17) is 23.2 Å². The van der Waals surface area contributed by atoms with E-state index in [0.717, 1.165) is 12.8 Å². The SMILES string of the molecule is CCC(C(=O)O)N1CCC(c2nc3cc(-c4ccc(Cl)cc4Cl)[nH]c(=O)n3n2)CC1. The van der Waals surface area contributed by atoms with Crippen LogP contribution in [0.5, 0.6) is 0 Å². The van der Waals surface area contributed by atoms with Gasteiger partial charge < -0.3 is 10.1 Å². The lowest BCUT2D eigenvalue weighted by molar-refractivity contribution is -0.143. The molecule has 0 bridgehead atoms. The van der Waals surface area contributed by atoms with E-state index in [9.17, 15) is 14.7 Å². The summed E-state index contributed by atoms with van der Waals surface area (Å²) in [5.74, 6) is -0.112. The summed E-state index contributed by atoms with van der Waals surface area (Å²) in [7, 11) is 0. The predicted molar refractivity (Wildman–Crippen MR) is 114 cm³/mol. The summed E-state index contributed by atoms with van der Waals surface area (Å²) in [6, 6.07) is 6.33. The number of aliphatic carboxylic acids is 1. The minimum Gasteiger partial charge on any atom is -0.480 e. The number of carboxylic acid groups (broad SMARTS) is 1. The zero-order chi connectivity index (χ0) is 21.4. The van der Waals surface area contributed by atoms with E-state index < -0.39 is 17.7 Å². The van der Waals surface area contributed by atoms with Gasteiger partial charge in [0, 0.05) is 22.6 Å². The van der Waals surface area contributed by atoms with E-state index >= 15 is 0 Å². The molecule has 0 aliphatic carbocycles. The molecule has 3 heterocycles. The Kier molecular flexibility index (Phi) is 5.81. The second-order valence-corrected chi connectivity index (χ2v) is 8.27. The predicted octanol–water partition coefficient (Wildman–Crippen LogP) is 3.43. The molecule has 2 N–H and O–H groups in total. The molecular formula is C20H21Cl2N5O3. The zero-order valence-corrected chi connectivity index (χ0v) is 17.8. The van der Waals surface area contributed by atoms with Gasteiger partial charge in [0.05, 0.1) is 10.7 Å². The molecule has 1 fully saturated rings. The number of rotatable bonds is 5. The fourth-order valence-corrected chi connectivity index (χ4v) is 4.51. The molecule has 30 heavy (non-hydrogen) atoms. The second-order valence-electron chi connectivity index (χ2n) is 7.42. The number of fused-ring (bicyclic) bond motifs is 1. The molecule has 0 saturated carbocycles. The Morgan fingerprint density at radius 3 is 2.67 bits per heavy atom. The van der Waals surface area contributed by atoms with Crippen molar-refractivity contribution in [2.45, 2.75) is 38.1 Å². The van der Waals surface area contributed by atoms with Crippen LogP contribution in [0.4, 0.5) is 0 Å². The number of halogens is 2. The van der Waals surface area contributed by atoms with Crippen LogP contribution in [0.1, 0.15) is 37.9 Å². The number of nitrogens with zero attached hydrogens (tertiary/aromatic N) is 4. The van der Waals surface area contributed by atoms with Crippen LogP contribution in [0.25, 0.3) is 16.9 Å². The maximum Gasteiger partial charge on any atom is 0.348 e. The van der Waals surface area contributed by atoms with Crippen molar-refractivity contribution in [3.8, 4) is 11.3 Å². The number of H-pyrrole nitrogens is 1. The highest BCUT2D eigenvalue weighted by atomic mass is 35.5. The fourth-order valence-electron chi connectivity index (χ4n) is 4.00. The molecule has 4 rings (SSSR count). The average molecular weight is 450 g/mol. The molecule has 1 aromatic carbocycles. The fraction of sp³-hybridized carbons (Fsp3) is 0.400. The number of aromatic amines is 1. The largest absolute Gasteiger partial charge is 0.480 e. The van der Waals surface area contributed by atoms with Gasteiger partial charge in [-0.25, -0.2) is 9.78 Å². The molecule has 3 aromatic rings. The van der Waals surface area contributed by atoms with Gasteiger partial charge in [0.1, 0.15) is 6.04 Å². The lowest BCUT2D eigenvalue weighted by Gasteiger charge is -2.34. The van der Waals surface area contributed by atoms with Gasteiger partial charge in [-0.3, -0.25) is 9.69 Å². The minimum absolute atomic E-state index is 0.0782. The van der Waals surface area contributed by atoms with Gasteiger partial charge >= 0.3 is 11.7 Å². The highest BCUT2D eigenvalue weighted by Crippen LogP contribution is 2.30. The van der Waals surface area contributed by atoms with Crippen molar-refractivity contribution in [1.82, 2.24) is 24.5 Å². The number of hydrogen-bond donors (Lipinski definition) is 2. The number of likely N-dealkylation sites (tertiary alicyclic amines) is 1. The standard InChI is InChI=1S/C20H21Cl2N5O3/c1-2-16(19(28)29)26-7-5-11(6-8-26)18-24-17-10-15(23-20(30)27(17)25-18)13-4-3-12(21)9-14(13)22/h3-4,9-11,16H,2,5-8H2,1H3,(H,23,30)(H,28,29). The van der Waals surface area contributed by atoms with Gasteiger partial charge in [-0.05, 0) is 50.6 Å². The van der Waals surface area contributed by atoms with Crippen LogP contribution in [0.2, 0.25) is 10.0 Å². The van der Waals surface area contributed by atoms with Gasteiger partial charge in [0.25, 0.3) is 0 Å². The summed E-state index contributed by atoms with van der Waals surface area (Å²) in [6.45, 7) is 3.20. The zero-order valence-electron chi connectivity index (χ0n) is 16.3. The Morgan fingerprint density at radius 2 is 2.03 bits per heavy atom. The molecule has 1 atom stereocenters. The van der Waals surface area contributed by atoms with Crippen molar-refractivity contribution in [1.29, 1.82) is 0 Å². The lowest BCUT2D eigenvalue weighted by atomic mass is 9.94. The molecule has 10 heteroatoms. The third-order valence-electron chi connectivity index (χ3n) is 5.58. The lowest BCUT2D eigenvalue weighted by Crippen LogP contribution is -2.45. The molecule has 158 valence electrons. The van der Waals surface area contributed by atoms with E-state index in [1.165, 1.54) is 4.52 Å². The number of nitrogens with one attached hydrogen (secondary N) is 1. The first kappa shape index (κ1) is 20.8. The van der Waals surface area contributed by atoms with E-state index in [-0.39, 0.29) is 5.92 Å². The smallest absolute Gasteiger partial charge is 0.348 e. The Balaban J connectivity index is 1.59. The molecule has 8 nitrogen and oxygen atoms in total. The van der Waals surface area contributed by atoms with Crippen LogP contribution in [0, 0.1) is 0 Å². The first-order chi connectivity index (χ1) is 14.4. The number of benzene rings is 1. The molecule has 2 aromatic heterocycles. The van der Waals surface area contributed by atoms with Crippen LogP contribution in [0.15, 0.2) is 29.1 Å². The Hall–Kier alpha value is -2.42. The summed E-state index contributed by atoms with van der Waals surface area (Å²) in [4.78, 5) is 33.3. The van der Waals surface area contributed by atoms with Crippen molar-refractivity contribution in [2.24, 2.45) is 0 Å². The van der Waals surface area contributed by atoms with Crippen LogP contribution in [-0.4, -0.2) is 54.7 Å². The molecule has 1 unspecified atom stereocenters. The molecule has 1 saturated heterocycles. The normalized spacial score (nSPS) is 16.8. The Labute approximate surface area is 182 Å². The second kappa shape index (κ2) is 8.37. The van der Waals surface area contributed by atoms with Crippen LogP contribution < -0.4 is 5.69 Å². The molecule has 0 spiro atoms. The van der Waals surface area contributed by atoms with Crippen molar-refractivity contribution in [2.75, 3.05) is 13.1 Å². The third-order valence-corrected chi connectivity index (χ3v) is 6.13. The molecule has 1 aliphatic rings. The van der Waals surface area contributed by atoms with Crippen LogP contribution >= 0.6 is 23.2 Å². The van der Waals surface area contributed by atoms with Crippen LogP contribution in [0.3, 0.4) is 0 Å². The van der Waals surface area contributed by atoms with Crippen molar-refractivity contribution < 1.29 is 9.90 Å². The summed E-state index contributed by atoms with van der Waals surface area (Å²) in [6.07, 6.45) is 2.06. The van der Waals surface area contributed by atoms with Crippen molar-refractivity contribution in [3.63, 3.8) is 0 Å². The first-order valence-electron chi connectivity index (χ1n) is 9.79. The number of piperidine rings is 1. The molecule has 1 aliphatic heterocycles. The van der Waals surface area contributed by atoms with Gasteiger partial charge in [0.15, 0.2) is 11.5 Å². The maximum absolute atomic E-state index is 12.6. The maximum atomic E-state index is 12.6. The minimum atomic E-state index is -0.790. The monoisotopic (exact) mass is 449 g/mol. The summed E-state index contributed by atoms with van der Waals surface area (Å²) in [5.41, 5.74) is 1.23. The van der Waals surface area contributed by atoms with E-state index in [2.05, 4.69) is 15.1 Å². The summed E-state index contributed by atoms with van der Waals surface area (Å²) in [5, 5.41) is 14.7. The van der Waals surface area contributed by atoms with Crippen molar-refractivity contribution >= 4 is 34.8 Å². The number of aromatic nitrogens is 4. The van der Waals surface area contributed by atoms with E-state index in [0.29, 0.717) is 52.3 Å². The Morgan fingerprint density at radius 1 is 1.30 bits per heavy atom.